The fourth-order valence-electron chi connectivity index (χ4n) is 2.52. The summed E-state index contributed by atoms with van der Waals surface area (Å²) in [6.45, 7) is 2.07. The van der Waals surface area contributed by atoms with Gasteiger partial charge in [-0.2, -0.15) is 8.42 Å². The second kappa shape index (κ2) is 6.57. The van der Waals surface area contributed by atoms with E-state index in [0.717, 1.165) is 26.0 Å². The lowest BCUT2D eigenvalue weighted by Gasteiger charge is -2.08. The van der Waals surface area contributed by atoms with Crippen LogP contribution in [0.5, 0.6) is 5.75 Å². The number of thiazole rings is 1. The van der Waals surface area contributed by atoms with Gasteiger partial charge in [-0.3, -0.25) is 4.99 Å². The van der Waals surface area contributed by atoms with Crippen LogP contribution in [0, 0.1) is 0 Å². The van der Waals surface area contributed by atoms with E-state index in [-0.39, 0.29) is 16.3 Å². The van der Waals surface area contributed by atoms with E-state index in [0.29, 0.717) is 6.04 Å². The van der Waals surface area contributed by atoms with Crippen LogP contribution in [-0.2, 0) is 10.1 Å². The zero-order valence-electron chi connectivity index (χ0n) is 13.7. The molecule has 1 atom stereocenters. The lowest BCUT2D eigenvalue weighted by molar-refractivity contribution is 0.487. The Balaban J connectivity index is 1.66. The van der Waals surface area contributed by atoms with Crippen LogP contribution in [0.4, 0.5) is 5.69 Å². The van der Waals surface area contributed by atoms with E-state index in [1.165, 1.54) is 23.5 Å². The number of thioether (sulfide) groups is 1. The molecule has 1 unspecified atom stereocenters. The van der Waals surface area contributed by atoms with E-state index in [1.807, 2.05) is 0 Å². The number of nitrogens with two attached hydrogens (primary N) is 1. The number of hydrogen-bond donors (Lipinski definition) is 1. The van der Waals surface area contributed by atoms with E-state index < -0.39 is 10.1 Å². The molecule has 0 spiro atoms. The van der Waals surface area contributed by atoms with Gasteiger partial charge in [0.15, 0.2) is 0 Å². The van der Waals surface area contributed by atoms with Gasteiger partial charge in [-0.05, 0) is 31.2 Å². The first-order valence-corrected chi connectivity index (χ1v) is 11.0. The van der Waals surface area contributed by atoms with Crippen molar-refractivity contribution in [3.63, 3.8) is 0 Å². The topological polar surface area (TPSA) is 94.6 Å². The van der Waals surface area contributed by atoms with Crippen LogP contribution in [0.15, 0.2) is 52.4 Å². The molecule has 0 saturated carbocycles. The Morgan fingerprint density at radius 3 is 2.77 bits per heavy atom. The van der Waals surface area contributed by atoms with Crippen LogP contribution in [0.1, 0.15) is 11.9 Å². The minimum absolute atomic E-state index is 0.0456. The first-order chi connectivity index (χ1) is 12.4. The van der Waals surface area contributed by atoms with Gasteiger partial charge in [0.05, 0.1) is 21.9 Å². The second-order valence-corrected chi connectivity index (χ2v) is 9.37. The van der Waals surface area contributed by atoms with Crippen LogP contribution in [0.3, 0.4) is 0 Å². The van der Waals surface area contributed by atoms with Crippen molar-refractivity contribution in [2.24, 2.45) is 4.99 Å². The molecule has 3 aromatic rings. The third-order valence-corrected chi connectivity index (χ3v) is 7.43. The van der Waals surface area contributed by atoms with Crippen molar-refractivity contribution in [2.45, 2.75) is 17.9 Å². The summed E-state index contributed by atoms with van der Waals surface area (Å²) in [5, 5.41) is 1.78. The molecule has 0 fully saturated rings. The molecule has 0 saturated heterocycles. The van der Waals surface area contributed by atoms with Gasteiger partial charge in [-0.15, -0.1) is 23.1 Å². The first-order valence-electron chi connectivity index (χ1n) is 7.83. The minimum atomic E-state index is -4.00. The number of hydrogen-bond acceptors (Lipinski definition) is 8. The van der Waals surface area contributed by atoms with E-state index in [9.17, 15) is 8.42 Å². The van der Waals surface area contributed by atoms with Crippen molar-refractivity contribution in [1.82, 2.24) is 4.98 Å². The average Bonchev–Trinajstić information content (AvgIpc) is 3.20. The highest BCUT2D eigenvalue weighted by Crippen LogP contribution is 2.32. The maximum Gasteiger partial charge on any atom is 0.341 e. The van der Waals surface area contributed by atoms with Gasteiger partial charge >= 0.3 is 10.1 Å². The normalized spacial score (nSPS) is 17.4. The predicted octanol–water partition coefficient (Wildman–Crippen LogP) is 3.53. The van der Waals surface area contributed by atoms with Gasteiger partial charge in [-0.1, -0.05) is 12.1 Å². The zero-order valence-corrected chi connectivity index (χ0v) is 16.2. The number of benzene rings is 2. The fourth-order valence-corrected chi connectivity index (χ4v) is 5.65. The Morgan fingerprint density at radius 2 is 2.04 bits per heavy atom. The Morgan fingerprint density at radius 1 is 1.23 bits per heavy atom. The SMILES string of the molecule is CC1CSC(c2nc3ccc(OS(=O)(=O)c4ccccc4N)cc3s2)=N1. The molecule has 0 bridgehead atoms. The van der Waals surface area contributed by atoms with Crippen molar-refractivity contribution in [1.29, 1.82) is 0 Å². The van der Waals surface area contributed by atoms with Gasteiger partial charge in [0, 0.05) is 11.8 Å². The second-order valence-electron chi connectivity index (χ2n) is 5.82. The lowest BCUT2D eigenvalue weighted by atomic mass is 10.3. The molecular weight excluding hydrogens is 390 g/mol. The summed E-state index contributed by atoms with van der Waals surface area (Å²) in [5.74, 6) is 1.18. The molecule has 134 valence electrons. The third kappa shape index (κ3) is 3.29. The highest BCUT2D eigenvalue weighted by atomic mass is 32.2. The summed E-state index contributed by atoms with van der Waals surface area (Å²) >= 11 is 3.16. The van der Waals surface area contributed by atoms with E-state index in [4.69, 9.17) is 9.92 Å². The maximum absolute atomic E-state index is 12.5. The number of rotatable bonds is 4. The van der Waals surface area contributed by atoms with Crippen LogP contribution in [0.2, 0.25) is 0 Å². The largest absolute Gasteiger partial charge is 0.398 e. The third-order valence-electron chi connectivity index (χ3n) is 3.74. The molecular formula is C17H15N3O3S3. The van der Waals surface area contributed by atoms with Gasteiger partial charge in [0.2, 0.25) is 0 Å². The lowest BCUT2D eigenvalue weighted by Crippen LogP contribution is -2.11. The predicted molar refractivity (Wildman–Crippen MR) is 107 cm³/mol. The summed E-state index contributed by atoms with van der Waals surface area (Å²) < 4.78 is 31.1. The average molecular weight is 406 g/mol. The van der Waals surface area contributed by atoms with Crippen molar-refractivity contribution in [3.8, 4) is 5.75 Å². The van der Waals surface area contributed by atoms with Crippen LogP contribution >= 0.6 is 23.1 Å². The molecule has 1 aliphatic heterocycles. The molecule has 0 radical (unpaired) electrons. The minimum Gasteiger partial charge on any atom is -0.398 e. The standard InChI is InChI=1S/C17H15N3O3S3/c1-10-9-24-16(19-10)17-20-13-7-6-11(8-14(13)25-17)23-26(21,22)15-5-3-2-4-12(15)18/h2-8,10H,9,18H2,1H3. The number of para-hydroxylation sites is 1. The van der Waals surface area contributed by atoms with Crippen molar-refractivity contribution in [2.75, 3.05) is 11.5 Å². The highest BCUT2D eigenvalue weighted by Gasteiger charge is 2.21. The van der Waals surface area contributed by atoms with Crippen LogP contribution < -0.4 is 9.92 Å². The van der Waals surface area contributed by atoms with Crippen molar-refractivity contribution < 1.29 is 12.6 Å². The molecule has 2 aromatic carbocycles. The zero-order chi connectivity index (χ0) is 18.3. The van der Waals surface area contributed by atoms with Crippen LogP contribution in [0.25, 0.3) is 10.2 Å². The molecule has 6 nitrogen and oxygen atoms in total. The highest BCUT2D eigenvalue weighted by molar-refractivity contribution is 8.15. The van der Waals surface area contributed by atoms with Gasteiger partial charge in [0.1, 0.15) is 20.7 Å². The number of nitrogens with zero attached hydrogens (tertiary/aromatic N) is 2. The fraction of sp³-hybridized carbons (Fsp3) is 0.176. The molecule has 9 heteroatoms. The molecule has 1 aromatic heterocycles. The summed E-state index contributed by atoms with van der Waals surface area (Å²) in [5.41, 5.74) is 6.69. The van der Waals surface area contributed by atoms with Crippen LogP contribution in [-0.4, -0.2) is 30.2 Å². The number of aromatic nitrogens is 1. The Bertz CT molecular complexity index is 1120. The Hall–Kier alpha value is -2.10. The number of nitrogen functional groups attached to an aromatic ring is 1. The molecule has 4 rings (SSSR count). The van der Waals surface area contributed by atoms with Crippen molar-refractivity contribution in [3.05, 3.63) is 47.5 Å². The number of anilines is 1. The van der Waals surface area contributed by atoms with Gasteiger partial charge in [0.25, 0.3) is 0 Å². The number of fused-ring (bicyclic) bond motifs is 1. The molecule has 2 heterocycles. The summed E-state index contributed by atoms with van der Waals surface area (Å²) in [4.78, 5) is 9.11. The van der Waals surface area contributed by atoms with E-state index in [1.54, 1.807) is 42.1 Å². The smallest absolute Gasteiger partial charge is 0.341 e. The monoisotopic (exact) mass is 405 g/mol. The van der Waals surface area contributed by atoms with Gasteiger partial charge in [-0.25, -0.2) is 4.98 Å². The number of aliphatic imine (C=N–C) groups is 1. The summed E-state index contributed by atoms with van der Waals surface area (Å²) in [7, 11) is -4.00. The molecule has 2 N–H and O–H groups in total. The summed E-state index contributed by atoms with van der Waals surface area (Å²) in [6, 6.07) is 11.5. The first kappa shape index (κ1) is 17.3. The maximum atomic E-state index is 12.5. The molecule has 0 amide bonds. The summed E-state index contributed by atoms with van der Waals surface area (Å²) in [6.07, 6.45) is 0. The van der Waals surface area contributed by atoms with Gasteiger partial charge < -0.3 is 9.92 Å². The Labute approximate surface area is 159 Å². The molecule has 26 heavy (non-hydrogen) atoms. The Kier molecular flexibility index (Phi) is 4.37. The molecule has 0 aliphatic carbocycles. The molecule has 1 aliphatic rings. The quantitative estimate of drug-likeness (QED) is 0.527. The van der Waals surface area contributed by atoms with Crippen molar-refractivity contribution >= 4 is 54.2 Å². The van der Waals surface area contributed by atoms with E-state index in [2.05, 4.69) is 16.9 Å². The van der Waals surface area contributed by atoms with E-state index >= 15 is 0 Å².